The number of pyridine rings is 3. The fourth-order valence-electron chi connectivity index (χ4n) is 3.87. The van der Waals surface area contributed by atoms with Crippen LogP contribution in [0.25, 0.3) is 22.2 Å². The van der Waals surface area contributed by atoms with Gasteiger partial charge in [0.15, 0.2) is 5.43 Å². The molecule has 1 amide bonds. The molecule has 0 aromatic carbocycles. The predicted octanol–water partition coefficient (Wildman–Crippen LogP) is 3.95. The van der Waals surface area contributed by atoms with E-state index in [2.05, 4.69) is 15.0 Å². The molecule has 1 aliphatic rings. The van der Waals surface area contributed by atoms with Crippen molar-refractivity contribution >= 4 is 28.4 Å². The van der Waals surface area contributed by atoms with Gasteiger partial charge in [-0.2, -0.15) is 0 Å². The summed E-state index contributed by atoms with van der Waals surface area (Å²) in [5, 5.41) is 0.382. The van der Waals surface area contributed by atoms with Gasteiger partial charge in [-0.1, -0.05) is 11.6 Å². The van der Waals surface area contributed by atoms with Crippen molar-refractivity contribution in [2.24, 2.45) is 5.73 Å². The number of fused-ring (bicyclic) bond motifs is 1. The number of halogens is 3. The molecule has 150 valence electrons. The molecule has 1 unspecified atom stereocenters. The largest absolute Gasteiger partial charge is 0.364 e. The molecule has 29 heavy (non-hydrogen) atoms. The van der Waals surface area contributed by atoms with E-state index < -0.39 is 23.2 Å². The lowest BCUT2D eigenvalue weighted by atomic mass is 10.00. The SMILES string of the molecule is Cc1nc(C2CCC(F)(F)C2)c(Cl)cc1-c1cc(=O)c2c(C(N)=O)nccc2[nH]1. The fraction of sp³-hybridized carbons (Fsp3) is 0.300. The van der Waals surface area contributed by atoms with E-state index in [-0.39, 0.29) is 28.9 Å². The van der Waals surface area contributed by atoms with Gasteiger partial charge in [0.1, 0.15) is 5.69 Å². The Morgan fingerprint density at radius 2 is 2.14 bits per heavy atom. The van der Waals surface area contributed by atoms with E-state index in [1.54, 1.807) is 19.1 Å². The molecule has 3 aromatic heterocycles. The summed E-state index contributed by atoms with van der Waals surface area (Å²) in [7, 11) is 0. The summed E-state index contributed by atoms with van der Waals surface area (Å²) in [4.78, 5) is 35.6. The van der Waals surface area contributed by atoms with Gasteiger partial charge in [0.25, 0.3) is 5.91 Å². The second-order valence-electron chi connectivity index (χ2n) is 7.28. The highest BCUT2D eigenvalue weighted by atomic mass is 35.5. The normalized spacial score (nSPS) is 18.3. The van der Waals surface area contributed by atoms with Gasteiger partial charge in [-0.25, -0.2) is 8.78 Å². The Kier molecular flexibility index (Phi) is 4.61. The number of carbonyl (C=O) groups excluding carboxylic acids is 1. The Bertz CT molecular complexity index is 1210. The number of hydrogen-bond donors (Lipinski definition) is 2. The number of nitrogens with two attached hydrogens (primary N) is 1. The molecule has 1 atom stereocenters. The first kappa shape index (κ1) is 19.4. The standard InChI is InChI=1S/C20H17ClF2N4O2/c1-9-11(6-12(21)17(26-9)10-2-4-20(22,23)8-10)14-7-15(28)16-13(27-14)3-5-25-18(16)19(24)29/h3,5-7,10H,2,4,8H2,1H3,(H2,24,29)(H,27,28). The lowest BCUT2D eigenvalue weighted by molar-refractivity contribution is 0.00765. The first-order chi connectivity index (χ1) is 13.7. The van der Waals surface area contributed by atoms with Crippen molar-refractivity contribution in [1.82, 2.24) is 15.0 Å². The number of primary amides is 1. The topological polar surface area (TPSA) is 102 Å². The van der Waals surface area contributed by atoms with Gasteiger partial charge in [-0.15, -0.1) is 0 Å². The molecule has 1 aliphatic carbocycles. The monoisotopic (exact) mass is 418 g/mol. The highest BCUT2D eigenvalue weighted by Crippen LogP contribution is 2.45. The average molecular weight is 419 g/mol. The molecule has 0 aliphatic heterocycles. The Morgan fingerprint density at radius 3 is 2.79 bits per heavy atom. The Morgan fingerprint density at radius 1 is 1.38 bits per heavy atom. The smallest absolute Gasteiger partial charge is 0.268 e. The van der Waals surface area contributed by atoms with E-state index >= 15 is 0 Å². The van der Waals surface area contributed by atoms with Crippen LogP contribution in [0.4, 0.5) is 8.78 Å². The summed E-state index contributed by atoms with van der Waals surface area (Å²) in [5.74, 6) is -3.89. The zero-order valence-electron chi connectivity index (χ0n) is 15.4. The second-order valence-corrected chi connectivity index (χ2v) is 7.68. The zero-order valence-corrected chi connectivity index (χ0v) is 16.2. The zero-order chi connectivity index (χ0) is 20.9. The number of aryl methyl sites for hydroxylation is 1. The Balaban J connectivity index is 1.81. The highest BCUT2D eigenvalue weighted by molar-refractivity contribution is 6.31. The number of nitrogens with one attached hydrogen (secondary N) is 1. The number of aromatic nitrogens is 3. The highest BCUT2D eigenvalue weighted by Gasteiger charge is 2.41. The summed E-state index contributed by atoms with van der Waals surface area (Å²) in [5.41, 5.74) is 7.18. The second kappa shape index (κ2) is 6.88. The Labute approximate surface area is 169 Å². The van der Waals surface area contributed by atoms with Crippen molar-refractivity contribution in [3.05, 3.63) is 56.7 Å². The van der Waals surface area contributed by atoms with Crippen LogP contribution >= 0.6 is 11.6 Å². The van der Waals surface area contributed by atoms with Crippen molar-refractivity contribution in [2.75, 3.05) is 0 Å². The van der Waals surface area contributed by atoms with Gasteiger partial charge >= 0.3 is 0 Å². The van der Waals surface area contributed by atoms with Crippen LogP contribution in [-0.4, -0.2) is 26.8 Å². The third kappa shape index (κ3) is 3.48. The van der Waals surface area contributed by atoms with Crippen molar-refractivity contribution in [2.45, 2.75) is 38.0 Å². The molecule has 4 rings (SSSR count). The summed E-state index contributed by atoms with van der Waals surface area (Å²) in [6, 6.07) is 4.51. The van der Waals surface area contributed by atoms with Crippen LogP contribution in [0.15, 0.2) is 29.2 Å². The van der Waals surface area contributed by atoms with E-state index in [1.807, 2.05) is 0 Å². The Hall–Kier alpha value is -2.87. The lowest BCUT2D eigenvalue weighted by Gasteiger charge is -2.15. The molecule has 0 bridgehead atoms. The molecule has 9 heteroatoms. The summed E-state index contributed by atoms with van der Waals surface area (Å²) < 4.78 is 27.2. The molecular weight excluding hydrogens is 402 g/mol. The van der Waals surface area contributed by atoms with E-state index in [0.717, 1.165) is 0 Å². The maximum absolute atomic E-state index is 13.6. The third-order valence-corrected chi connectivity index (χ3v) is 5.55. The number of H-pyrrole nitrogens is 1. The van der Waals surface area contributed by atoms with Crippen molar-refractivity contribution in [3.8, 4) is 11.3 Å². The van der Waals surface area contributed by atoms with Crippen LogP contribution in [0.1, 0.15) is 47.1 Å². The molecule has 0 saturated heterocycles. The first-order valence-corrected chi connectivity index (χ1v) is 9.41. The summed E-state index contributed by atoms with van der Waals surface area (Å²) >= 11 is 6.38. The number of alkyl halides is 2. The van der Waals surface area contributed by atoms with E-state index in [0.29, 0.717) is 34.6 Å². The number of amides is 1. The maximum atomic E-state index is 13.6. The van der Waals surface area contributed by atoms with Crippen molar-refractivity contribution in [1.29, 1.82) is 0 Å². The molecule has 3 aromatic rings. The van der Waals surface area contributed by atoms with Crippen molar-refractivity contribution < 1.29 is 13.6 Å². The summed E-state index contributed by atoms with van der Waals surface area (Å²) in [6.07, 6.45) is 1.26. The third-order valence-electron chi connectivity index (χ3n) is 5.25. The van der Waals surface area contributed by atoms with Gasteiger partial charge in [0.05, 0.1) is 27.3 Å². The van der Waals surface area contributed by atoms with Crippen LogP contribution in [0.3, 0.4) is 0 Å². The molecule has 6 nitrogen and oxygen atoms in total. The number of aromatic amines is 1. The van der Waals surface area contributed by atoms with Gasteiger partial charge in [0, 0.05) is 42.3 Å². The minimum Gasteiger partial charge on any atom is -0.364 e. The van der Waals surface area contributed by atoms with Crippen molar-refractivity contribution in [3.63, 3.8) is 0 Å². The minimum absolute atomic E-state index is 0.102. The molecule has 3 N–H and O–H groups in total. The van der Waals surface area contributed by atoms with Gasteiger partial charge < -0.3 is 10.7 Å². The van der Waals surface area contributed by atoms with Crippen LogP contribution in [0.5, 0.6) is 0 Å². The number of hydrogen-bond acceptors (Lipinski definition) is 4. The minimum atomic E-state index is -2.70. The predicted molar refractivity (Wildman–Crippen MR) is 105 cm³/mol. The van der Waals surface area contributed by atoms with Gasteiger partial charge in [-0.05, 0) is 25.5 Å². The molecule has 0 radical (unpaired) electrons. The van der Waals surface area contributed by atoms with Crippen LogP contribution < -0.4 is 11.2 Å². The number of rotatable bonds is 3. The maximum Gasteiger partial charge on any atom is 0.268 e. The van der Waals surface area contributed by atoms with Gasteiger partial charge in [-0.3, -0.25) is 19.6 Å². The molecule has 1 saturated carbocycles. The van der Waals surface area contributed by atoms with Crippen LogP contribution in [0.2, 0.25) is 5.02 Å². The molecule has 1 fully saturated rings. The number of carbonyl (C=O) groups is 1. The van der Waals surface area contributed by atoms with Crippen LogP contribution in [-0.2, 0) is 0 Å². The number of nitrogens with zero attached hydrogens (tertiary/aromatic N) is 2. The molecule has 0 spiro atoms. The first-order valence-electron chi connectivity index (χ1n) is 9.03. The van der Waals surface area contributed by atoms with Gasteiger partial charge in [0.2, 0.25) is 5.92 Å². The quantitative estimate of drug-likeness (QED) is 0.672. The van der Waals surface area contributed by atoms with Crippen LogP contribution in [0, 0.1) is 6.92 Å². The average Bonchev–Trinajstić information content (AvgIpc) is 3.02. The molecular formula is C20H17ClF2N4O2. The lowest BCUT2D eigenvalue weighted by Crippen LogP contribution is -2.17. The van der Waals surface area contributed by atoms with E-state index in [9.17, 15) is 18.4 Å². The molecule has 3 heterocycles. The fourth-order valence-corrected chi connectivity index (χ4v) is 4.18. The summed E-state index contributed by atoms with van der Waals surface area (Å²) in [6.45, 7) is 1.73. The van der Waals surface area contributed by atoms with E-state index in [1.165, 1.54) is 12.3 Å². The van der Waals surface area contributed by atoms with E-state index in [4.69, 9.17) is 17.3 Å².